The topological polar surface area (TPSA) is 56.8 Å². The van der Waals surface area contributed by atoms with Gasteiger partial charge in [-0.15, -0.1) is 0 Å². The molecule has 0 spiro atoms. The highest BCUT2D eigenvalue weighted by Gasteiger charge is 2.22. The first-order valence-electron chi connectivity index (χ1n) is 5.41. The second-order valence-electron chi connectivity index (χ2n) is 3.34. The Labute approximate surface area is 90.1 Å². The summed E-state index contributed by atoms with van der Waals surface area (Å²) in [7, 11) is 0. The summed E-state index contributed by atoms with van der Waals surface area (Å²) in [4.78, 5) is 11.4. The van der Waals surface area contributed by atoms with E-state index in [1.807, 2.05) is 6.92 Å². The molecule has 5 heteroatoms. The first-order chi connectivity index (χ1) is 7.34. The van der Waals surface area contributed by atoms with Crippen molar-refractivity contribution in [3.05, 3.63) is 0 Å². The minimum absolute atomic E-state index is 0.303. The first-order valence-corrected chi connectivity index (χ1v) is 5.41. The van der Waals surface area contributed by atoms with Crippen molar-refractivity contribution in [1.29, 1.82) is 0 Å². The van der Waals surface area contributed by atoms with Crippen LogP contribution in [0, 0.1) is 0 Å². The lowest BCUT2D eigenvalue weighted by Crippen LogP contribution is -2.44. The standard InChI is InChI=1S/C10H19NO4/c1-2-4-13-6-7-15-10(12)9-8-11-3-5-14-9/h9,11H,2-8H2,1H3. The molecule has 0 amide bonds. The molecule has 1 N–H and O–H groups in total. The number of rotatable bonds is 6. The van der Waals surface area contributed by atoms with Crippen molar-refractivity contribution in [2.24, 2.45) is 0 Å². The molecule has 1 atom stereocenters. The van der Waals surface area contributed by atoms with E-state index in [2.05, 4.69) is 5.32 Å². The molecule has 0 aromatic rings. The summed E-state index contributed by atoms with van der Waals surface area (Å²) in [6.45, 7) is 5.40. The Morgan fingerprint density at radius 1 is 1.47 bits per heavy atom. The molecule has 15 heavy (non-hydrogen) atoms. The van der Waals surface area contributed by atoms with Crippen LogP contribution in [0.2, 0.25) is 0 Å². The van der Waals surface area contributed by atoms with Crippen LogP contribution in [0.3, 0.4) is 0 Å². The number of hydrogen-bond acceptors (Lipinski definition) is 5. The summed E-state index contributed by atoms with van der Waals surface area (Å²) in [5.74, 6) is -0.303. The van der Waals surface area contributed by atoms with Crippen molar-refractivity contribution in [1.82, 2.24) is 5.32 Å². The zero-order valence-corrected chi connectivity index (χ0v) is 9.16. The van der Waals surface area contributed by atoms with E-state index in [1.54, 1.807) is 0 Å². The minimum Gasteiger partial charge on any atom is -0.461 e. The molecule has 1 rings (SSSR count). The van der Waals surface area contributed by atoms with Crippen LogP contribution in [0.5, 0.6) is 0 Å². The van der Waals surface area contributed by atoms with Gasteiger partial charge >= 0.3 is 5.97 Å². The Bertz CT molecular complexity index is 180. The fourth-order valence-corrected chi connectivity index (χ4v) is 1.26. The summed E-state index contributed by atoms with van der Waals surface area (Å²) in [6, 6.07) is 0. The molecule has 5 nitrogen and oxygen atoms in total. The van der Waals surface area contributed by atoms with E-state index < -0.39 is 6.10 Å². The Hall–Kier alpha value is -0.650. The molecule has 0 aromatic carbocycles. The quantitative estimate of drug-likeness (QED) is 0.499. The van der Waals surface area contributed by atoms with Crippen molar-refractivity contribution in [2.45, 2.75) is 19.4 Å². The maximum absolute atomic E-state index is 11.4. The number of carbonyl (C=O) groups excluding carboxylic acids is 1. The van der Waals surface area contributed by atoms with Gasteiger partial charge in [0.15, 0.2) is 6.10 Å². The Balaban J connectivity index is 2.02. The molecular formula is C10H19NO4. The molecule has 1 saturated heterocycles. The molecule has 0 radical (unpaired) electrons. The van der Waals surface area contributed by atoms with E-state index in [1.165, 1.54) is 0 Å². The summed E-state index contributed by atoms with van der Waals surface area (Å²) < 4.78 is 15.4. The van der Waals surface area contributed by atoms with E-state index in [-0.39, 0.29) is 5.97 Å². The van der Waals surface area contributed by atoms with Gasteiger partial charge in [-0.25, -0.2) is 4.79 Å². The van der Waals surface area contributed by atoms with E-state index in [0.29, 0.717) is 33.0 Å². The number of morpholine rings is 1. The molecule has 0 aliphatic carbocycles. The van der Waals surface area contributed by atoms with Gasteiger partial charge in [0.2, 0.25) is 0 Å². The van der Waals surface area contributed by atoms with Crippen molar-refractivity contribution in [3.8, 4) is 0 Å². The minimum atomic E-state index is -0.454. The number of esters is 1. The Morgan fingerprint density at radius 2 is 2.33 bits per heavy atom. The highest BCUT2D eigenvalue weighted by atomic mass is 16.6. The lowest BCUT2D eigenvalue weighted by atomic mass is 10.3. The summed E-state index contributed by atoms with van der Waals surface area (Å²) in [6.07, 6.45) is 0.522. The van der Waals surface area contributed by atoms with E-state index in [9.17, 15) is 4.79 Å². The largest absolute Gasteiger partial charge is 0.461 e. The van der Waals surface area contributed by atoms with Gasteiger partial charge in [0.25, 0.3) is 0 Å². The first kappa shape index (κ1) is 12.4. The van der Waals surface area contributed by atoms with Crippen LogP contribution in [0.4, 0.5) is 0 Å². The van der Waals surface area contributed by atoms with Crippen LogP contribution >= 0.6 is 0 Å². The average Bonchev–Trinajstić information content (AvgIpc) is 2.30. The number of nitrogens with one attached hydrogen (secondary N) is 1. The molecule has 88 valence electrons. The van der Waals surface area contributed by atoms with Gasteiger partial charge < -0.3 is 19.5 Å². The maximum Gasteiger partial charge on any atom is 0.336 e. The molecule has 1 aliphatic rings. The predicted octanol–water partition coefficient (Wildman–Crippen LogP) is -0.0554. The van der Waals surface area contributed by atoms with Crippen LogP contribution in [-0.2, 0) is 19.0 Å². The van der Waals surface area contributed by atoms with Gasteiger partial charge in [0.05, 0.1) is 13.2 Å². The molecule has 1 aliphatic heterocycles. The molecule has 0 saturated carbocycles. The van der Waals surface area contributed by atoms with Crippen LogP contribution in [0.1, 0.15) is 13.3 Å². The fraction of sp³-hybridized carbons (Fsp3) is 0.900. The highest BCUT2D eigenvalue weighted by molar-refractivity contribution is 5.75. The lowest BCUT2D eigenvalue weighted by molar-refractivity contribution is -0.160. The highest BCUT2D eigenvalue weighted by Crippen LogP contribution is 1.98. The van der Waals surface area contributed by atoms with Gasteiger partial charge in [-0.2, -0.15) is 0 Å². The van der Waals surface area contributed by atoms with E-state index >= 15 is 0 Å². The third-order valence-corrected chi connectivity index (χ3v) is 2.01. The summed E-state index contributed by atoms with van der Waals surface area (Å²) in [5, 5.41) is 3.07. The van der Waals surface area contributed by atoms with Crippen LogP contribution in [-0.4, -0.2) is 51.6 Å². The summed E-state index contributed by atoms with van der Waals surface area (Å²) >= 11 is 0. The van der Waals surface area contributed by atoms with Gasteiger partial charge in [0.1, 0.15) is 6.61 Å². The van der Waals surface area contributed by atoms with Crippen molar-refractivity contribution >= 4 is 5.97 Å². The normalized spacial score (nSPS) is 21.3. The van der Waals surface area contributed by atoms with Gasteiger partial charge in [0, 0.05) is 19.7 Å². The number of carbonyl (C=O) groups is 1. The third-order valence-electron chi connectivity index (χ3n) is 2.01. The van der Waals surface area contributed by atoms with Crippen molar-refractivity contribution < 1.29 is 19.0 Å². The predicted molar refractivity (Wildman–Crippen MR) is 54.7 cm³/mol. The Kier molecular flexibility index (Phi) is 6.31. The molecule has 1 fully saturated rings. The van der Waals surface area contributed by atoms with Crippen LogP contribution in [0.25, 0.3) is 0 Å². The van der Waals surface area contributed by atoms with Gasteiger partial charge in [-0.05, 0) is 6.42 Å². The zero-order valence-electron chi connectivity index (χ0n) is 9.16. The molecule has 0 bridgehead atoms. The number of hydrogen-bond donors (Lipinski definition) is 1. The Morgan fingerprint density at radius 3 is 3.00 bits per heavy atom. The number of ether oxygens (including phenoxy) is 3. The lowest BCUT2D eigenvalue weighted by Gasteiger charge is -2.21. The third kappa shape index (κ3) is 5.11. The second-order valence-corrected chi connectivity index (χ2v) is 3.34. The van der Waals surface area contributed by atoms with E-state index in [0.717, 1.165) is 13.0 Å². The summed E-state index contributed by atoms with van der Waals surface area (Å²) in [5.41, 5.74) is 0. The van der Waals surface area contributed by atoms with Gasteiger partial charge in [-0.1, -0.05) is 6.92 Å². The molecular weight excluding hydrogens is 198 g/mol. The van der Waals surface area contributed by atoms with Crippen molar-refractivity contribution in [2.75, 3.05) is 39.5 Å². The van der Waals surface area contributed by atoms with Gasteiger partial charge in [-0.3, -0.25) is 0 Å². The molecule has 1 heterocycles. The van der Waals surface area contributed by atoms with E-state index in [4.69, 9.17) is 14.2 Å². The zero-order chi connectivity index (χ0) is 10.9. The monoisotopic (exact) mass is 217 g/mol. The van der Waals surface area contributed by atoms with Crippen molar-refractivity contribution in [3.63, 3.8) is 0 Å². The SMILES string of the molecule is CCCOCCOC(=O)C1CNCCO1. The molecule has 1 unspecified atom stereocenters. The second kappa shape index (κ2) is 7.62. The van der Waals surface area contributed by atoms with Crippen LogP contribution in [0.15, 0.2) is 0 Å². The average molecular weight is 217 g/mol. The smallest absolute Gasteiger partial charge is 0.336 e. The molecule has 0 aromatic heterocycles. The maximum atomic E-state index is 11.4. The van der Waals surface area contributed by atoms with Crippen LogP contribution < -0.4 is 5.32 Å². The fourth-order valence-electron chi connectivity index (χ4n) is 1.26.